The van der Waals surface area contributed by atoms with Crippen LogP contribution in [0, 0.1) is 0 Å². The van der Waals surface area contributed by atoms with E-state index in [4.69, 9.17) is 4.74 Å². The van der Waals surface area contributed by atoms with Gasteiger partial charge in [0.15, 0.2) is 0 Å². The van der Waals surface area contributed by atoms with E-state index in [-0.39, 0.29) is 11.2 Å². The molecule has 0 aliphatic carbocycles. The maximum atomic E-state index is 5.86. The molecule has 2 aliphatic heterocycles. The van der Waals surface area contributed by atoms with Gasteiger partial charge in [0, 0.05) is 6.42 Å². The zero-order valence-corrected chi connectivity index (χ0v) is 7.35. The lowest BCUT2D eigenvalue weighted by atomic mass is 9.94. The minimum atomic E-state index is -0.114. The second kappa shape index (κ2) is 1.78. The van der Waals surface area contributed by atoms with Crippen LogP contribution in [0.15, 0.2) is 23.8 Å². The summed E-state index contributed by atoms with van der Waals surface area (Å²) in [6, 6.07) is 0. The van der Waals surface area contributed by atoms with Crippen molar-refractivity contribution in [2.75, 3.05) is 0 Å². The van der Waals surface area contributed by atoms with Gasteiger partial charge in [-0.05, 0) is 20.8 Å². The molecule has 2 atom stereocenters. The maximum absolute atomic E-state index is 5.86. The molecular weight excluding hydrogens is 136 g/mol. The molecule has 1 heteroatoms. The zero-order chi connectivity index (χ0) is 8.11. The Morgan fingerprint density at radius 2 is 2.09 bits per heavy atom. The Balaban J connectivity index is 2.43. The van der Waals surface area contributed by atoms with Gasteiger partial charge in [0.2, 0.25) is 0 Å². The van der Waals surface area contributed by atoms with Gasteiger partial charge in [-0.15, -0.1) is 0 Å². The molecule has 2 aliphatic rings. The summed E-state index contributed by atoms with van der Waals surface area (Å²) in [5.41, 5.74) is 1.30. The lowest BCUT2D eigenvalue weighted by molar-refractivity contribution is -0.0529. The van der Waals surface area contributed by atoms with E-state index in [0.717, 1.165) is 6.42 Å². The molecule has 0 aromatic carbocycles. The van der Waals surface area contributed by atoms with Gasteiger partial charge in [0.1, 0.15) is 5.60 Å². The van der Waals surface area contributed by atoms with Gasteiger partial charge in [0.25, 0.3) is 0 Å². The van der Waals surface area contributed by atoms with Crippen molar-refractivity contribution in [3.63, 3.8) is 0 Å². The Labute approximate surface area is 67.7 Å². The Morgan fingerprint density at radius 3 is 2.73 bits per heavy atom. The first-order valence-electron chi connectivity index (χ1n) is 4.10. The molecule has 2 bridgehead atoms. The van der Waals surface area contributed by atoms with Crippen molar-refractivity contribution in [2.24, 2.45) is 0 Å². The molecular formula is C10H14O. The van der Waals surface area contributed by atoms with E-state index < -0.39 is 0 Å². The summed E-state index contributed by atoms with van der Waals surface area (Å²) in [4.78, 5) is 0. The first-order chi connectivity index (χ1) is 5.02. The highest BCUT2D eigenvalue weighted by atomic mass is 16.5. The Bertz CT molecular complexity index is 252. The predicted octanol–water partition coefficient (Wildman–Crippen LogP) is 2.44. The summed E-state index contributed by atoms with van der Waals surface area (Å²) in [6.45, 7) is 6.43. The molecule has 0 fully saturated rings. The van der Waals surface area contributed by atoms with Crippen molar-refractivity contribution in [2.45, 2.75) is 38.4 Å². The summed E-state index contributed by atoms with van der Waals surface area (Å²) >= 11 is 0. The molecule has 1 nitrogen and oxygen atoms in total. The van der Waals surface area contributed by atoms with Crippen LogP contribution in [-0.4, -0.2) is 11.2 Å². The van der Waals surface area contributed by atoms with E-state index in [9.17, 15) is 0 Å². The molecule has 60 valence electrons. The second-order valence-corrected chi connectivity index (χ2v) is 4.10. The standard InChI is InChI=1S/C10H14O/c1-8-6-9(2)4-5-10(3,7-8)11-9/h4-6H,7H2,1-3H3. The molecule has 0 N–H and O–H groups in total. The van der Waals surface area contributed by atoms with Gasteiger partial charge < -0.3 is 4.74 Å². The van der Waals surface area contributed by atoms with Crippen LogP contribution in [0.1, 0.15) is 27.2 Å². The van der Waals surface area contributed by atoms with Crippen LogP contribution in [0.5, 0.6) is 0 Å². The zero-order valence-electron chi connectivity index (χ0n) is 7.35. The Morgan fingerprint density at radius 1 is 1.36 bits per heavy atom. The average molecular weight is 150 g/mol. The van der Waals surface area contributed by atoms with Crippen LogP contribution >= 0.6 is 0 Å². The van der Waals surface area contributed by atoms with Gasteiger partial charge in [-0.1, -0.05) is 23.8 Å². The van der Waals surface area contributed by atoms with Crippen LogP contribution < -0.4 is 0 Å². The van der Waals surface area contributed by atoms with Crippen LogP contribution in [0.4, 0.5) is 0 Å². The minimum Gasteiger partial charge on any atom is -0.357 e. The van der Waals surface area contributed by atoms with Gasteiger partial charge in [-0.3, -0.25) is 0 Å². The van der Waals surface area contributed by atoms with Crippen LogP contribution in [0.25, 0.3) is 0 Å². The quantitative estimate of drug-likeness (QED) is 0.482. The number of hydrogen-bond donors (Lipinski definition) is 0. The summed E-state index contributed by atoms with van der Waals surface area (Å²) in [5, 5.41) is 0. The highest BCUT2D eigenvalue weighted by Gasteiger charge is 2.40. The Kier molecular flexibility index (Phi) is 1.15. The molecule has 0 amide bonds. The molecule has 0 spiro atoms. The Hall–Kier alpha value is -0.560. The van der Waals surface area contributed by atoms with E-state index in [1.165, 1.54) is 5.57 Å². The highest BCUT2D eigenvalue weighted by molar-refractivity contribution is 5.31. The van der Waals surface area contributed by atoms with Crippen LogP contribution in [0.2, 0.25) is 0 Å². The molecule has 0 saturated heterocycles. The fourth-order valence-electron chi connectivity index (χ4n) is 2.18. The summed E-state index contributed by atoms with van der Waals surface area (Å²) in [6.07, 6.45) is 7.58. The first kappa shape index (κ1) is 7.11. The summed E-state index contributed by atoms with van der Waals surface area (Å²) < 4.78 is 5.86. The number of rotatable bonds is 0. The van der Waals surface area contributed by atoms with Crippen molar-refractivity contribution in [3.05, 3.63) is 23.8 Å². The van der Waals surface area contributed by atoms with E-state index in [2.05, 4.69) is 39.0 Å². The first-order valence-corrected chi connectivity index (χ1v) is 4.10. The lowest BCUT2D eigenvalue weighted by Crippen LogP contribution is -2.35. The SMILES string of the molecule is CC1=CC2(C)C=CC(C)(C1)O2. The van der Waals surface area contributed by atoms with Crippen LogP contribution in [-0.2, 0) is 4.74 Å². The van der Waals surface area contributed by atoms with E-state index in [1.807, 2.05) is 0 Å². The van der Waals surface area contributed by atoms with E-state index in [1.54, 1.807) is 0 Å². The molecule has 0 aromatic rings. The fourth-order valence-corrected chi connectivity index (χ4v) is 2.18. The topological polar surface area (TPSA) is 9.23 Å². The third-order valence-corrected chi connectivity index (χ3v) is 2.38. The summed E-state index contributed by atoms with van der Waals surface area (Å²) in [7, 11) is 0. The highest BCUT2D eigenvalue weighted by Crippen LogP contribution is 2.41. The maximum Gasteiger partial charge on any atom is 0.103 e. The molecule has 11 heavy (non-hydrogen) atoms. The van der Waals surface area contributed by atoms with Crippen molar-refractivity contribution in [1.82, 2.24) is 0 Å². The molecule has 2 rings (SSSR count). The third kappa shape index (κ3) is 1.04. The van der Waals surface area contributed by atoms with Crippen LogP contribution in [0.3, 0.4) is 0 Å². The third-order valence-electron chi connectivity index (χ3n) is 2.38. The van der Waals surface area contributed by atoms with Crippen molar-refractivity contribution in [3.8, 4) is 0 Å². The molecule has 0 saturated carbocycles. The monoisotopic (exact) mass is 150 g/mol. The van der Waals surface area contributed by atoms with Gasteiger partial charge >= 0.3 is 0 Å². The molecule has 0 radical (unpaired) electrons. The second-order valence-electron chi connectivity index (χ2n) is 4.10. The molecule has 2 heterocycles. The number of fused-ring (bicyclic) bond motifs is 2. The smallest absolute Gasteiger partial charge is 0.103 e. The minimum absolute atomic E-state index is 0.0203. The molecule has 0 aromatic heterocycles. The van der Waals surface area contributed by atoms with Crippen molar-refractivity contribution < 1.29 is 4.74 Å². The largest absolute Gasteiger partial charge is 0.357 e. The van der Waals surface area contributed by atoms with Gasteiger partial charge in [-0.2, -0.15) is 0 Å². The van der Waals surface area contributed by atoms with E-state index in [0.29, 0.717) is 0 Å². The van der Waals surface area contributed by atoms with E-state index >= 15 is 0 Å². The normalized spacial score (nSPS) is 47.7. The lowest BCUT2D eigenvalue weighted by Gasteiger charge is -2.34. The van der Waals surface area contributed by atoms with Gasteiger partial charge in [-0.25, -0.2) is 0 Å². The number of hydrogen-bond acceptors (Lipinski definition) is 1. The van der Waals surface area contributed by atoms with Crippen molar-refractivity contribution in [1.29, 1.82) is 0 Å². The van der Waals surface area contributed by atoms with Gasteiger partial charge in [0.05, 0.1) is 5.60 Å². The average Bonchev–Trinajstić information content (AvgIpc) is 2.01. The predicted molar refractivity (Wildman–Crippen MR) is 45.4 cm³/mol. The molecule has 2 unspecified atom stereocenters. The number of ether oxygens (including phenoxy) is 1. The fraction of sp³-hybridized carbons (Fsp3) is 0.600. The van der Waals surface area contributed by atoms with Crippen molar-refractivity contribution >= 4 is 0 Å². The summed E-state index contributed by atoms with van der Waals surface area (Å²) in [5.74, 6) is 0.